The Balaban J connectivity index is 1.19. The summed E-state index contributed by atoms with van der Waals surface area (Å²) in [6.07, 6.45) is 17.6. The Bertz CT molecular complexity index is 1540. The van der Waals surface area contributed by atoms with Crippen molar-refractivity contribution in [1.29, 1.82) is 0 Å². The van der Waals surface area contributed by atoms with Gasteiger partial charge in [-0.15, -0.1) is 6.58 Å². The fraction of sp³-hybridized carbons (Fsp3) is 0.522. The lowest BCUT2D eigenvalue weighted by Gasteiger charge is -2.26. The van der Waals surface area contributed by atoms with Crippen LogP contribution in [0, 0.1) is 5.92 Å². The molecule has 1 radical (unpaired) electrons. The van der Waals surface area contributed by atoms with Crippen LogP contribution in [0.4, 0.5) is 0 Å². The van der Waals surface area contributed by atoms with Gasteiger partial charge in [-0.3, -0.25) is 0 Å². The van der Waals surface area contributed by atoms with E-state index in [2.05, 4.69) is 56.3 Å². The Kier molecular flexibility index (Phi) is 22.3. The molecule has 2 aliphatic rings. The van der Waals surface area contributed by atoms with E-state index < -0.39 is 0 Å². The fourth-order valence-corrected chi connectivity index (χ4v) is 6.57. The molecule has 0 heterocycles. The smallest absolute Gasteiger partial charge is 0.198 e. The highest BCUT2D eigenvalue weighted by atomic mass is 16.6. The van der Waals surface area contributed by atoms with Gasteiger partial charge in [-0.1, -0.05) is 79.3 Å². The largest absolute Gasteiger partial charge is 0.497 e. The second kappa shape index (κ2) is 27.7. The molecule has 3 atom stereocenters. The van der Waals surface area contributed by atoms with Crippen LogP contribution >= 0.6 is 0 Å². The molecule has 3 unspecified atom stereocenters. The van der Waals surface area contributed by atoms with Crippen molar-refractivity contribution < 1.29 is 48.1 Å². The summed E-state index contributed by atoms with van der Waals surface area (Å²) in [7, 11) is 5.69. The zero-order chi connectivity index (χ0) is 40.3. The Hall–Kier alpha value is -3.84. The molecule has 10 nitrogen and oxygen atoms in total. The highest BCUT2D eigenvalue weighted by molar-refractivity contribution is 6.35. The second-order valence-corrected chi connectivity index (χ2v) is 14.0. The molecule has 2 aliphatic carbocycles. The number of benzene rings is 2. The topological polar surface area (TPSA) is 114 Å². The third kappa shape index (κ3) is 16.9. The molecule has 311 valence electrons. The first-order chi connectivity index (χ1) is 28.1. The number of hydrogen-bond donors (Lipinski definition) is 2. The summed E-state index contributed by atoms with van der Waals surface area (Å²) in [4.78, 5) is 0. The van der Waals surface area contributed by atoms with Crippen molar-refractivity contribution in [3.05, 3.63) is 114 Å². The van der Waals surface area contributed by atoms with Crippen molar-refractivity contribution in [3.63, 3.8) is 0 Å². The molecule has 2 N–H and O–H groups in total. The zero-order valence-corrected chi connectivity index (χ0v) is 34.1. The number of aliphatic hydroxyl groups excluding tert-OH is 2. The molecule has 0 saturated carbocycles. The molecule has 4 rings (SSSR count). The fourth-order valence-electron chi connectivity index (χ4n) is 6.57. The van der Waals surface area contributed by atoms with Crippen LogP contribution in [-0.4, -0.2) is 110 Å². The SMILES string of the molecule is C=CCCCOCCOCCOC1C=C(COc2ccc(-c3ccc(C[B]CC4C=C(OC)C(OCCCCCCO)=C(OC)C4)cc3)cc2)C=CC1OCCO. The maximum atomic E-state index is 9.28. The number of allylic oxidation sites excluding steroid dienone is 3. The summed E-state index contributed by atoms with van der Waals surface area (Å²) >= 11 is 0. The molecule has 0 amide bonds. The lowest BCUT2D eigenvalue weighted by Crippen LogP contribution is -2.33. The average Bonchev–Trinajstić information content (AvgIpc) is 3.24. The number of hydrogen-bond acceptors (Lipinski definition) is 10. The summed E-state index contributed by atoms with van der Waals surface area (Å²) in [5.41, 5.74) is 4.51. The van der Waals surface area contributed by atoms with Gasteiger partial charge in [-0.05, 0) is 79.0 Å². The van der Waals surface area contributed by atoms with Crippen molar-refractivity contribution in [2.75, 3.05) is 80.3 Å². The molecule has 0 aliphatic heterocycles. The molecule has 0 spiro atoms. The lowest BCUT2D eigenvalue weighted by atomic mass is 9.64. The monoisotopic (exact) mass is 787 g/mol. The zero-order valence-electron chi connectivity index (χ0n) is 34.1. The van der Waals surface area contributed by atoms with Gasteiger partial charge >= 0.3 is 0 Å². The molecular formula is C46H64BO10. The van der Waals surface area contributed by atoms with Gasteiger partial charge in [0.05, 0.1) is 60.5 Å². The standard InChI is InChI=1S/C46H64BO10/c1-4-5-9-23-52-26-27-53-28-29-55-43-30-37(13-20-42(43)54-25-22-49)35-57-41-18-16-40(17-19-41)39-14-11-36(12-15-39)33-47-34-38-31-44(50-2)46(45(32-38)51-3)56-24-10-7-6-8-21-48/h4,11-20,30-31,38,42-43,48-49H,1,5-10,21-29,32-35H2,2-3H3. The van der Waals surface area contributed by atoms with Crippen LogP contribution in [0.5, 0.6) is 5.75 Å². The van der Waals surface area contributed by atoms with Gasteiger partial charge in [0.25, 0.3) is 0 Å². The summed E-state index contributed by atoms with van der Waals surface area (Å²) in [6, 6.07) is 16.9. The Morgan fingerprint density at radius 3 is 2.16 bits per heavy atom. The average molecular weight is 788 g/mol. The van der Waals surface area contributed by atoms with E-state index in [1.54, 1.807) is 14.2 Å². The maximum Gasteiger partial charge on any atom is 0.198 e. The van der Waals surface area contributed by atoms with Crippen LogP contribution in [0.2, 0.25) is 6.32 Å². The van der Waals surface area contributed by atoms with Crippen molar-refractivity contribution >= 4 is 7.28 Å². The normalized spacial score (nSPS) is 17.9. The van der Waals surface area contributed by atoms with Crippen LogP contribution in [0.3, 0.4) is 0 Å². The highest BCUT2D eigenvalue weighted by Crippen LogP contribution is 2.33. The highest BCUT2D eigenvalue weighted by Gasteiger charge is 2.26. The Morgan fingerprint density at radius 2 is 1.44 bits per heavy atom. The van der Waals surface area contributed by atoms with Gasteiger partial charge in [0.15, 0.2) is 11.5 Å². The summed E-state index contributed by atoms with van der Waals surface area (Å²) in [5, 5.41) is 18.3. The van der Waals surface area contributed by atoms with Crippen LogP contribution < -0.4 is 4.74 Å². The van der Waals surface area contributed by atoms with E-state index in [4.69, 9.17) is 43.0 Å². The van der Waals surface area contributed by atoms with E-state index in [1.165, 1.54) is 5.56 Å². The van der Waals surface area contributed by atoms with Crippen molar-refractivity contribution in [3.8, 4) is 16.9 Å². The van der Waals surface area contributed by atoms with E-state index in [1.807, 2.05) is 36.4 Å². The molecular weight excluding hydrogens is 723 g/mol. The number of unbranched alkanes of at least 4 members (excludes halogenated alkanes) is 4. The van der Waals surface area contributed by atoms with Gasteiger partial charge < -0.3 is 48.1 Å². The summed E-state index contributed by atoms with van der Waals surface area (Å²) in [5.74, 6) is 3.32. The first-order valence-electron chi connectivity index (χ1n) is 20.5. The number of aliphatic hydroxyl groups is 2. The quantitative estimate of drug-likeness (QED) is 0.0450. The molecule has 2 aromatic rings. The van der Waals surface area contributed by atoms with Crippen LogP contribution in [0.25, 0.3) is 11.1 Å². The molecule has 0 bridgehead atoms. The molecule has 57 heavy (non-hydrogen) atoms. The number of methoxy groups -OCH3 is 2. The van der Waals surface area contributed by atoms with Gasteiger partial charge in [0.1, 0.15) is 37.6 Å². The van der Waals surface area contributed by atoms with E-state index in [0.717, 1.165) is 91.6 Å². The van der Waals surface area contributed by atoms with E-state index in [9.17, 15) is 5.11 Å². The van der Waals surface area contributed by atoms with Crippen molar-refractivity contribution in [2.24, 2.45) is 5.92 Å². The van der Waals surface area contributed by atoms with Crippen molar-refractivity contribution in [2.45, 2.75) is 69.8 Å². The minimum Gasteiger partial charge on any atom is -0.497 e. The van der Waals surface area contributed by atoms with Crippen LogP contribution in [0.1, 0.15) is 50.5 Å². The minimum absolute atomic E-state index is 0.0540. The van der Waals surface area contributed by atoms with Crippen LogP contribution in [0.15, 0.2) is 108 Å². The molecule has 0 aromatic heterocycles. The molecule has 0 saturated heterocycles. The third-order valence-corrected chi connectivity index (χ3v) is 9.68. The predicted octanol–water partition coefficient (Wildman–Crippen LogP) is 7.59. The maximum absolute atomic E-state index is 9.28. The lowest BCUT2D eigenvalue weighted by molar-refractivity contribution is -0.0565. The number of rotatable bonds is 31. The summed E-state index contributed by atoms with van der Waals surface area (Å²) < 4.78 is 46.8. The number of ether oxygens (including phenoxy) is 8. The minimum atomic E-state index is -0.313. The predicted molar refractivity (Wildman–Crippen MR) is 225 cm³/mol. The molecule has 11 heteroatoms. The van der Waals surface area contributed by atoms with E-state index in [-0.39, 0.29) is 37.9 Å². The van der Waals surface area contributed by atoms with Gasteiger partial charge in [0, 0.05) is 19.6 Å². The van der Waals surface area contributed by atoms with Gasteiger partial charge in [-0.2, -0.15) is 0 Å². The van der Waals surface area contributed by atoms with Gasteiger partial charge in [-0.25, -0.2) is 0 Å². The second-order valence-electron chi connectivity index (χ2n) is 14.0. The van der Waals surface area contributed by atoms with Gasteiger partial charge in [0.2, 0.25) is 0 Å². The molecule has 0 fully saturated rings. The van der Waals surface area contributed by atoms with E-state index >= 15 is 0 Å². The Labute approximate surface area is 341 Å². The van der Waals surface area contributed by atoms with Crippen molar-refractivity contribution in [1.82, 2.24) is 0 Å². The van der Waals surface area contributed by atoms with E-state index in [0.29, 0.717) is 52.0 Å². The first kappa shape index (κ1) is 45.9. The summed E-state index contributed by atoms with van der Waals surface area (Å²) in [6.45, 7) is 7.76. The third-order valence-electron chi connectivity index (χ3n) is 9.68. The van der Waals surface area contributed by atoms with Crippen LogP contribution in [-0.2, 0) is 39.5 Å². The Morgan fingerprint density at radius 1 is 0.719 bits per heavy atom. The first-order valence-corrected chi connectivity index (χ1v) is 20.5. The molecule has 2 aromatic carbocycles.